The molecule has 0 saturated heterocycles. The Morgan fingerprint density at radius 1 is 1.40 bits per heavy atom. The van der Waals surface area contributed by atoms with E-state index in [0.29, 0.717) is 5.88 Å². The van der Waals surface area contributed by atoms with Gasteiger partial charge in [0.1, 0.15) is 5.75 Å². The Kier molecular flexibility index (Phi) is 3.54. The molecule has 3 rings (SSSR count). The first-order chi connectivity index (χ1) is 9.76. The van der Waals surface area contributed by atoms with Crippen LogP contribution in [-0.4, -0.2) is 23.5 Å². The summed E-state index contributed by atoms with van der Waals surface area (Å²) in [6, 6.07) is 7.87. The van der Waals surface area contributed by atoms with E-state index in [0.717, 1.165) is 27.9 Å². The summed E-state index contributed by atoms with van der Waals surface area (Å²) in [5, 5.41) is 2.01. The summed E-state index contributed by atoms with van der Waals surface area (Å²) < 4.78 is 7.44. The number of anilines is 2. The van der Waals surface area contributed by atoms with Crippen molar-refractivity contribution in [3.63, 3.8) is 0 Å². The van der Waals surface area contributed by atoms with E-state index < -0.39 is 0 Å². The number of thiazole rings is 1. The van der Waals surface area contributed by atoms with Gasteiger partial charge in [0.05, 0.1) is 24.4 Å². The van der Waals surface area contributed by atoms with Crippen molar-refractivity contribution in [1.82, 2.24) is 9.38 Å². The van der Waals surface area contributed by atoms with Gasteiger partial charge >= 0.3 is 0 Å². The quantitative estimate of drug-likeness (QED) is 0.684. The monoisotopic (exact) mass is 307 g/mol. The third-order valence-electron chi connectivity index (χ3n) is 3.23. The fourth-order valence-electron chi connectivity index (χ4n) is 2.23. The summed E-state index contributed by atoms with van der Waals surface area (Å²) in [5.74, 6) is 2.08. The van der Waals surface area contributed by atoms with Gasteiger partial charge in [-0.25, -0.2) is 4.98 Å². The first-order valence-electron chi connectivity index (χ1n) is 6.13. The lowest BCUT2D eigenvalue weighted by Gasteiger charge is -2.20. The lowest BCUT2D eigenvalue weighted by molar-refractivity contribution is 0.415. The summed E-state index contributed by atoms with van der Waals surface area (Å²) in [4.78, 5) is 7.61. The maximum absolute atomic E-state index is 6.10. The standard InChI is InChI=1S/C14H14ClN3OS/c1-17(10-5-3-4-6-12(10)19-2)13-11(9-15)18-7-8-20-14(18)16-13/h3-8H,9H2,1-2H3. The van der Waals surface area contributed by atoms with Crippen molar-refractivity contribution in [3.8, 4) is 5.75 Å². The van der Waals surface area contributed by atoms with E-state index in [4.69, 9.17) is 16.3 Å². The van der Waals surface area contributed by atoms with E-state index in [1.165, 1.54) is 0 Å². The van der Waals surface area contributed by atoms with Gasteiger partial charge in [-0.3, -0.25) is 4.40 Å². The number of hydrogen-bond acceptors (Lipinski definition) is 4. The van der Waals surface area contributed by atoms with Crippen LogP contribution in [0.3, 0.4) is 0 Å². The number of aromatic nitrogens is 2. The molecular formula is C14H14ClN3OS. The van der Waals surface area contributed by atoms with Gasteiger partial charge in [0.2, 0.25) is 0 Å². The van der Waals surface area contributed by atoms with Gasteiger partial charge in [0.15, 0.2) is 10.8 Å². The van der Waals surface area contributed by atoms with Gasteiger partial charge in [-0.1, -0.05) is 12.1 Å². The Hall–Kier alpha value is -1.72. The molecule has 2 heterocycles. The zero-order valence-electron chi connectivity index (χ0n) is 11.2. The maximum Gasteiger partial charge on any atom is 0.195 e. The van der Waals surface area contributed by atoms with E-state index in [1.54, 1.807) is 18.4 Å². The zero-order chi connectivity index (χ0) is 14.1. The lowest BCUT2D eigenvalue weighted by atomic mass is 10.2. The predicted octanol–water partition coefficient (Wildman–Crippen LogP) is 3.91. The number of hydrogen-bond donors (Lipinski definition) is 0. The minimum absolute atomic E-state index is 0.409. The molecule has 0 aliphatic rings. The summed E-state index contributed by atoms with van der Waals surface area (Å²) in [6.45, 7) is 0. The Balaban J connectivity index is 2.12. The number of imidazole rings is 1. The normalized spacial score (nSPS) is 10.9. The van der Waals surface area contributed by atoms with Crippen molar-refractivity contribution in [1.29, 1.82) is 0 Å². The van der Waals surface area contributed by atoms with Crippen LogP contribution in [0.1, 0.15) is 5.69 Å². The molecule has 4 nitrogen and oxygen atoms in total. The van der Waals surface area contributed by atoms with Gasteiger partial charge in [0, 0.05) is 18.6 Å². The summed E-state index contributed by atoms with van der Waals surface area (Å²) >= 11 is 7.70. The van der Waals surface area contributed by atoms with Crippen LogP contribution < -0.4 is 9.64 Å². The molecule has 0 aliphatic heterocycles. The Bertz CT molecular complexity index is 737. The van der Waals surface area contributed by atoms with Crippen molar-refractivity contribution < 1.29 is 4.74 Å². The lowest BCUT2D eigenvalue weighted by Crippen LogP contribution is -2.13. The highest BCUT2D eigenvalue weighted by Crippen LogP contribution is 2.35. The van der Waals surface area contributed by atoms with Crippen LogP contribution in [0.25, 0.3) is 4.96 Å². The number of alkyl halides is 1. The van der Waals surface area contributed by atoms with Crippen molar-refractivity contribution in [2.75, 3.05) is 19.1 Å². The van der Waals surface area contributed by atoms with E-state index >= 15 is 0 Å². The van der Waals surface area contributed by atoms with Gasteiger partial charge in [-0.05, 0) is 12.1 Å². The van der Waals surface area contributed by atoms with Gasteiger partial charge in [-0.15, -0.1) is 22.9 Å². The number of rotatable bonds is 4. The highest BCUT2D eigenvalue weighted by atomic mass is 35.5. The van der Waals surface area contributed by atoms with Crippen molar-refractivity contribution in [2.45, 2.75) is 5.88 Å². The first kappa shape index (κ1) is 13.3. The van der Waals surface area contributed by atoms with Crippen LogP contribution in [0.5, 0.6) is 5.75 Å². The predicted molar refractivity (Wildman–Crippen MR) is 83.7 cm³/mol. The minimum Gasteiger partial charge on any atom is -0.495 e. The maximum atomic E-state index is 6.10. The number of para-hydroxylation sites is 2. The molecule has 3 aromatic rings. The fraction of sp³-hybridized carbons (Fsp3) is 0.214. The number of benzene rings is 1. The molecule has 0 radical (unpaired) electrons. The average molecular weight is 308 g/mol. The number of methoxy groups -OCH3 is 1. The number of halogens is 1. The van der Waals surface area contributed by atoms with Gasteiger partial charge in [-0.2, -0.15) is 0 Å². The number of fused-ring (bicyclic) bond motifs is 1. The average Bonchev–Trinajstić information content (AvgIpc) is 3.06. The first-order valence-corrected chi connectivity index (χ1v) is 7.54. The second-order valence-electron chi connectivity index (χ2n) is 4.30. The molecule has 20 heavy (non-hydrogen) atoms. The molecule has 0 fully saturated rings. The van der Waals surface area contributed by atoms with Crippen molar-refractivity contribution in [2.24, 2.45) is 0 Å². The topological polar surface area (TPSA) is 29.8 Å². The third kappa shape index (κ3) is 2.03. The molecule has 0 bridgehead atoms. The molecule has 104 valence electrons. The molecule has 0 atom stereocenters. The number of nitrogens with zero attached hydrogens (tertiary/aromatic N) is 3. The minimum atomic E-state index is 0.409. The molecule has 2 aromatic heterocycles. The van der Waals surface area contributed by atoms with Crippen LogP contribution in [0.15, 0.2) is 35.8 Å². The molecule has 0 spiro atoms. The number of ether oxygens (including phenoxy) is 1. The van der Waals surface area contributed by atoms with Crippen molar-refractivity contribution >= 4 is 39.4 Å². The highest BCUT2D eigenvalue weighted by Gasteiger charge is 2.18. The summed E-state index contributed by atoms with van der Waals surface area (Å²) in [7, 11) is 3.64. The largest absolute Gasteiger partial charge is 0.495 e. The van der Waals surface area contributed by atoms with Crippen LogP contribution in [0.2, 0.25) is 0 Å². The molecule has 0 amide bonds. The van der Waals surface area contributed by atoms with Crippen LogP contribution >= 0.6 is 22.9 Å². The Morgan fingerprint density at radius 3 is 2.95 bits per heavy atom. The smallest absolute Gasteiger partial charge is 0.195 e. The molecular weight excluding hydrogens is 294 g/mol. The Morgan fingerprint density at radius 2 is 2.20 bits per heavy atom. The van der Waals surface area contributed by atoms with E-state index in [9.17, 15) is 0 Å². The van der Waals surface area contributed by atoms with Crippen LogP contribution in [0.4, 0.5) is 11.5 Å². The molecule has 6 heteroatoms. The molecule has 0 aliphatic carbocycles. The van der Waals surface area contributed by atoms with Gasteiger partial charge < -0.3 is 9.64 Å². The molecule has 0 unspecified atom stereocenters. The van der Waals surface area contributed by atoms with Gasteiger partial charge in [0.25, 0.3) is 0 Å². The van der Waals surface area contributed by atoms with E-state index in [1.807, 2.05) is 52.2 Å². The SMILES string of the molecule is COc1ccccc1N(C)c1nc2sccn2c1CCl. The zero-order valence-corrected chi connectivity index (χ0v) is 12.8. The van der Waals surface area contributed by atoms with E-state index in [2.05, 4.69) is 4.98 Å². The second-order valence-corrected chi connectivity index (χ2v) is 5.44. The van der Waals surface area contributed by atoms with Crippen LogP contribution in [-0.2, 0) is 5.88 Å². The van der Waals surface area contributed by atoms with E-state index in [-0.39, 0.29) is 0 Å². The second kappa shape index (κ2) is 5.34. The molecule has 0 N–H and O–H groups in total. The van der Waals surface area contributed by atoms with Crippen LogP contribution in [0, 0.1) is 0 Å². The fourth-order valence-corrected chi connectivity index (χ4v) is 3.21. The third-order valence-corrected chi connectivity index (χ3v) is 4.24. The Labute approximate surface area is 126 Å². The summed E-state index contributed by atoms with van der Waals surface area (Å²) in [5.41, 5.74) is 1.95. The van der Waals surface area contributed by atoms with Crippen molar-refractivity contribution in [3.05, 3.63) is 41.5 Å². The highest BCUT2D eigenvalue weighted by molar-refractivity contribution is 7.15. The summed E-state index contributed by atoms with van der Waals surface area (Å²) in [6.07, 6.45) is 1.99. The molecule has 1 aromatic carbocycles. The molecule has 0 saturated carbocycles.